The number of nitrogens with one attached hydrogen (secondary N) is 1. The number of aromatic nitrogens is 3. The Bertz CT molecular complexity index is 653. The number of hydrogen-bond donors (Lipinski definition) is 1. The fraction of sp³-hybridized carbons (Fsp3) is 0.500. The molecule has 102 valence electrons. The van der Waals surface area contributed by atoms with Crippen molar-refractivity contribution in [1.29, 1.82) is 0 Å². The van der Waals surface area contributed by atoms with E-state index < -0.39 is 0 Å². The van der Waals surface area contributed by atoms with Crippen LogP contribution in [0.25, 0.3) is 11.2 Å². The van der Waals surface area contributed by atoms with Crippen LogP contribution in [0.4, 0.5) is 0 Å². The summed E-state index contributed by atoms with van der Waals surface area (Å²) in [5, 5.41) is 0.601. The Hall–Kier alpha value is -0.950. The molecule has 0 spiro atoms. The van der Waals surface area contributed by atoms with Crippen molar-refractivity contribution < 1.29 is 4.74 Å². The number of aromatic amines is 1. The molecule has 0 amide bonds. The van der Waals surface area contributed by atoms with Gasteiger partial charge in [-0.25, -0.2) is 4.98 Å². The highest BCUT2D eigenvalue weighted by molar-refractivity contribution is 7.71. The highest BCUT2D eigenvalue weighted by atomic mass is 35.5. The number of pyridine rings is 1. The predicted octanol–water partition coefficient (Wildman–Crippen LogP) is 2.08. The molecule has 0 aromatic carbocycles. The lowest BCUT2D eigenvalue weighted by atomic mass is 10.3. The van der Waals surface area contributed by atoms with Crippen LogP contribution >= 0.6 is 23.8 Å². The highest BCUT2D eigenvalue weighted by Crippen LogP contribution is 2.17. The molecule has 1 aliphatic rings. The number of ether oxygens (including phenoxy) is 1. The molecule has 2 aromatic heterocycles. The number of morpholine rings is 1. The van der Waals surface area contributed by atoms with Gasteiger partial charge in [-0.1, -0.05) is 11.6 Å². The number of H-pyrrole nitrogens is 1. The summed E-state index contributed by atoms with van der Waals surface area (Å²) in [5.74, 6) is 0. The molecule has 1 saturated heterocycles. The van der Waals surface area contributed by atoms with Crippen molar-refractivity contribution in [3.05, 3.63) is 22.1 Å². The standard InChI is InChI=1S/C12H15ClN4OS/c1-16-2-3-18-9(6-16)7-17-11-10(15-12(17)19)4-8(13)5-14-11/h4-5,9H,2-3,6-7H2,1H3,(H,15,19). The fourth-order valence-corrected chi connectivity index (χ4v) is 2.80. The SMILES string of the molecule is CN1CCOC(Cn2c(=S)[nH]c3cc(Cl)cnc32)C1. The number of rotatable bonds is 2. The minimum absolute atomic E-state index is 0.141. The fourth-order valence-electron chi connectivity index (χ4n) is 2.37. The minimum atomic E-state index is 0.141. The van der Waals surface area contributed by atoms with E-state index in [4.69, 9.17) is 28.6 Å². The summed E-state index contributed by atoms with van der Waals surface area (Å²) in [5.41, 5.74) is 1.69. The zero-order valence-corrected chi connectivity index (χ0v) is 12.2. The van der Waals surface area contributed by atoms with Gasteiger partial charge in [-0.2, -0.15) is 0 Å². The van der Waals surface area contributed by atoms with Crippen molar-refractivity contribution in [3.8, 4) is 0 Å². The molecule has 0 aliphatic carbocycles. The molecular formula is C12H15ClN4OS. The quantitative estimate of drug-likeness (QED) is 0.862. The van der Waals surface area contributed by atoms with Gasteiger partial charge >= 0.3 is 0 Å². The Balaban J connectivity index is 1.92. The first-order valence-electron chi connectivity index (χ1n) is 6.17. The first-order chi connectivity index (χ1) is 9.13. The maximum Gasteiger partial charge on any atom is 0.179 e. The molecule has 5 nitrogen and oxygen atoms in total. The molecule has 7 heteroatoms. The second kappa shape index (κ2) is 5.20. The molecule has 0 saturated carbocycles. The summed E-state index contributed by atoms with van der Waals surface area (Å²) < 4.78 is 8.40. The topological polar surface area (TPSA) is 46.1 Å². The summed E-state index contributed by atoms with van der Waals surface area (Å²) in [6.45, 7) is 3.35. The Morgan fingerprint density at radius 2 is 2.47 bits per heavy atom. The average Bonchev–Trinajstić information content (AvgIpc) is 2.65. The Kier molecular flexibility index (Phi) is 3.58. The van der Waals surface area contributed by atoms with Gasteiger partial charge in [-0.3, -0.25) is 4.57 Å². The molecule has 1 atom stereocenters. The number of fused-ring (bicyclic) bond motifs is 1. The van der Waals surface area contributed by atoms with Crippen molar-refractivity contribution in [2.45, 2.75) is 12.6 Å². The summed E-state index contributed by atoms with van der Waals surface area (Å²) in [6.07, 6.45) is 1.78. The molecule has 1 N–H and O–H groups in total. The lowest BCUT2D eigenvalue weighted by Gasteiger charge is -2.30. The van der Waals surface area contributed by atoms with Crippen molar-refractivity contribution in [2.24, 2.45) is 0 Å². The Morgan fingerprint density at radius 1 is 1.63 bits per heavy atom. The van der Waals surface area contributed by atoms with Crippen LogP contribution in [0.2, 0.25) is 5.02 Å². The summed E-state index contributed by atoms with van der Waals surface area (Å²) in [6, 6.07) is 1.84. The maximum atomic E-state index is 5.93. The van der Waals surface area contributed by atoms with Gasteiger partial charge in [-0.15, -0.1) is 0 Å². The predicted molar refractivity (Wildman–Crippen MR) is 77.2 cm³/mol. The van der Waals surface area contributed by atoms with Gasteiger partial charge in [0.25, 0.3) is 0 Å². The van der Waals surface area contributed by atoms with E-state index in [1.54, 1.807) is 6.20 Å². The molecule has 2 aromatic rings. The van der Waals surface area contributed by atoms with Gasteiger partial charge in [0.2, 0.25) is 0 Å². The molecule has 3 heterocycles. The first-order valence-corrected chi connectivity index (χ1v) is 6.96. The van der Waals surface area contributed by atoms with Crippen LogP contribution < -0.4 is 0 Å². The number of imidazole rings is 1. The van der Waals surface area contributed by atoms with Gasteiger partial charge in [0.1, 0.15) is 0 Å². The number of likely N-dealkylation sites (N-methyl/N-ethyl adjacent to an activating group) is 1. The van der Waals surface area contributed by atoms with E-state index >= 15 is 0 Å². The summed E-state index contributed by atoms with van der Waals surface area (Å²) in [7, 11) is 2.10. The maximum absolute atomic E-state index is 5.93. The molecule has 0 bridgehead atoms. The van der Waals surface area contributed by atoms with E-state index in [1.807, 2.05) is 10.6 Å². The van der Waals surface area contributed by atoms with E-state index in [9.17, 15) is 0 Å². The number of nitrogens with zero attached hydrogens (tertiary/aromatic N) is 3. The van der Waals surface area contributed by atoms with Crippen LogP contribution in [0.1, 0.15) is 0 Å². The zero-order chi connectivity index (χ0) is 13.4. The van der Waals surface area contributed by atoms with Gasteiger partial charge in [-0.05, 0) is 25.3 Å². The number of halogens is 1. The van der Waals surface area contributed by atoms with Crippen LogP contribution in [0.5, 0.6) is 0 Å². The van der Waals surface area contributed by atoms with E-state index in [0.717, 1.165) is 30.9 Å². The van der Waals surface area contributed by atoms with Crippen molar-refractivity contribution in [2.75, 3.05) is 26.7 Å². The van der Waals surface area contributed by atoms with Crippen molar-refractivity contribution >= 4 is 35.0 Å². The minimum Gasteiger partial charge on any atom is -0.374 e. The second-order valence-electron chi connectivity index (χ2n) is 4.82. The summed E-state index contributed by atoms with van der Waals surface area (Å²) in [4.78, 5) is 9.74. The Labute approximate surface area is 121 Å². The Morgan fingerprint density at radius 3 is 3.26 bits per heavy atom. The monoisotopic (exact) mass is 298 g/mol. The van der Waals surface area contributed by atoms with Crippen molar-refractivity contribution in [1.82, 2.24) is 19.4 Å². The third-order valence-electron chi connectivity index (χ3n) is 3.30. The zero-order valence-electron chi connectivity index (χ0n) is 10.6. The molecule has 1 aliphatic heterocycles. The average molecular weight is 299 g/mol. The summed E-state index contributed by atoms with van der Waals surface area (Å²) >= 11 is 11.3. The van der Waals surface area contributed by atoms with Gasteiger partial charge in [0, 0.05) is 19.3 Å². The lowest BCUT2D eigenvalue weighted by molar-refractivity contribution is -0.0271. The second-order valence-corrected chi connectivity index (χ2v) is 5.64. The van der Waals surface area contributed by atoms with E-state index in [2.05, 4.69) is 21.9 Å². The third kappa shape index (κ3) is 2.67. The van der Waals surface area contributed by atoms with Crippen LogP contribution in [-0.2, 0) is 11.3 Å². The first kappa shape index (κ1) is 13.1. The molecule has 3 rings (SSSR count). The molecule has 19 heavy (non-hydrogen) atoms. The van der Waals surface area contributed by atoms with Gasteiger partial charge in [0.05, 0.1) is 29.8 Å². The van der Waals surface area contributed by atoms with Crippen LogP contribution in [0.15, 0.2) is 12.3 Å². The lowest BCUT2D eigenvalue weighted by Crippen LogP contribution is -2.42. The number of hydrogen-bond acceptors (Lipinski definition) is 4. The third-order valence-corrected chi connectivity index (χ3v) is 3.83. The van der Waals surface area contributed by atoms with E-state index in [0.29, 0.717) is 16.3 Å². The highest BCUT2D eigenvalue weighted by Gasteiger charge is 2.19. The largest absolute Gasteiger partial charge is 0.374 e. The molecule has 0 radical (unpaired) electrons. The van der Waals surface area contributed by atoms with Crippen LogP contribution in [0, 0.1) is 4.77 Å². The molecule has 1 unspecified atom stereocenters. The van der Waals surface area contributed by atoms with E-state index in [1.165, 1.54) is 0 Å². The molecule has 1 fully saturated rings. The molecular weight excluding hydrogens is 284 g/mol. The van der Waals surface area contributed by atoms with Crippen molar-refractivity contribution in [3.63, 3.8) is 0 Å². The van der Waals surface area contributed by atoms with Gasteiger partial charge < -0.3 is 14.6 Å². The normalized spacial score (nSPS) is 21.1. The smallest absolute Gasteiger partial charge is 0.179 e. The van der Waals surface area contributed by atoms with Gasteiger partial charge in [0.15, 0.2) is 10.4 Å². The van der Waals surface area contributed by atoms with Crippen LogP contribution in [-0.4, -0.2) is 52.3 Å². The van der Waals surface area contributed by atoms with E-state index in [-0.39, 0.29) is 6.10 Å². The van der Waals surface area contributed by atoms with Crippen LogP contribution in [0.3, 0.4) is 0 Å².